The largest absolute Gasteiger partial charge is 0.442 e. The highest BCUT2D eigenvalue weighted by atomic mass is 16.6. The first-order valence-electron chi connectivity index (χ1n) is 9.70. The van der Waals surface area contributed by atoms with Crippen LogP contribution in [0.25, 0.3) is 0 Å². The molecule has 1 aromatic carbocycles. The number of ether oxygens (including phenoxy) is 1. The Morgan fingerprint density at radius 2 is 2.04 bits per heavy atom. The maximum absolute atomic E-state index is 11.1. The Labute approximate surface area is 150 Å². The van der Waals surface area contributed by atoms with Gasteiger partial charge < -0.3 is 20.7 Å². The lowest BCUT2D eigenvalue weighted by Gasteiger charge is -2.25. The van der Waals surface area contributed by atoms with Crippen LogP contribution in [0.15, 0.2) is 24.3 Å². The molecule has 2 atom stereocenters. The van der Waals surface area contributed by atoms with Crippen molar-refractivity contribution in [3.63, 3.8) is 0 Å². The molecule has 2 fully saturated rings. The highest BCUT2D eigenvalue weighted by molar-refractivity contribution is 5.69. The number of para-hydroxylation sites is 1. The number of hydrogen-bond acceptors (Lipinski definition) is 4. The van der Waals surface area contributed by atoms with Crippen LogP contribution in [0, 0.1) is 5.92 Å². The third-order valence-corrected chi connectivity index (χ3v) is 5.34. The maximum atomic E-state index is 11.1. The van der Waals surface area contributed by atoms with Gasteiger partial charge in [0.15, 0.2) is 0 Å². The zero-order valence-electron chi connectivity index (χ0n) is 15.2. The van der Waals surface area contributed by atoms with Crippen LogP contribution in [0.4, 0.5) is 10.5 Å². The molecular weight excluding hydrogens is 314 g/mol. The summed E-state index contributed by atoms with van der Waals surface area (Å²) in [6, 6.07) is 8.90. The fourth-order valence-electron chi connectivity index (χ4n) is 3.91. The molecule has 0 bridgehead atoms. The predicted octanol–water partition coefficient (Wildman–Crippen LogP) is 3.66. The summed E-state index contributed by atoms with van der Waals surface area (Å²) >= 11 is 0. The van der Waals surface area contributed by atoms with Crippen LogP contribution in [0.5, 0.6) is 0 Å². The van der Waals surface area contributed by atoms with Gasteiger partial charge in [0.25, 0.3) is 0 Å². The Morgan fingerprint density at radius 1 is 1.24 bits per heavy atom. The maximum Gasteiger partial charge on any atom is 0.407 e. The highest BCUT2D eigenvalue weighted by Gasteiger charge is 2.22. The molecule has 5 heteroatoms. The van der Waals surface area contributed by atoms with Gasteiger partial charge >= 0.3 is 6.09 Å². The van der Waals surface area contributed by atoms with E-state index in [0.29, 0.717) is 19.1 Å². The number of carbonyl (C=O) groups excluding carboxylic acids is 1. The van der Waals surface area contributed by atoms with E-state index >= 15 is 0 Å². The van der Waals surface area contributed by atoms with Gasteiger partial charge in [0.1, 0.15) is 6.10 Å². The van der Waals surface area contributed by atoms with E-state index in [4.69, 9.17) is 4.74 Å². The van der Waals surface area contributed by atoms with Gasteiger partial charge in [-0.05, 0) is 30.9 Å². The van der Waals surface area contributed by atoms with E-state index in [1.54, 1.807) is 0 Å². The van der Waals surface area contributed by atoms with Crippen molar-refractivity contribution in [1.82, 2.24) is 10.6 Å². The minimum Gasteiger partial charge on any atom is -0.442 e. The van der Waals surface area contributed by atoms with Crippen molar-refractivity contribution in [2.45, 2.75) is 64.1 Å². The number of nitrogens with one attached hydrogen (secondary N) is 3. The average Bonchev–Trinajstić information content (AvgIpc) is 3.05. The quantitative estimate of drug-likeness (QED) is 0.673. The van der Waals surface area contributed by atoms with Crippen molar-refractivity contribution < 1.29 is 9.53 Å². The van der Waals surface area contributed by atoms with Crippen molar-refractivity contribution >= 4 is 11.8 Å². The highest BCUT2D eigenvalue weighted by Crippen LogP contribution is 2.27. The lowest BCUT2D eigenvalue weighted by molar-refractivity contribution is 0.145. The second-order valence-electron chi connectivity index (χ2n) is 7.47. The van der Waals surface area contributed by atoms with Crippen molar-refractivity contribution in [3.05, 3.63) is 29.8 Å². The van der Waals surface area contributed by atoms with E-state index in [1.807, 2.05) is 6.07 Å². The lowest BCUT2D eigenvalue weighted by atomic mass is 9.85. The third-order valence-electron chi connectivity index (χ3n) is 5.34. The molecular formula is C20H31N3O2. The van der Waals surface area contributed by atoms with Crippen LogP contribution in [0.1, 0.15) is 51.0 Å². The van der Waals surface area contributed by atoms with E-state index < -0.39 is 0 Å². The Hall–Kier alpha value is -1.75. The molecule has 1 aliphatic carbocycles. The van der Waals surface area contributed by atoms with Gasteiger partial charge in [0.05, 0.1) is 13.1 Å². The number of cyclic esters (lactones) is 1. The molecule has 3 N–H and O–H groups in total. The molecule has 1 aromatic rings. The summed E-state index contributed by atoms with van der Waals surface area (Å²) in [6.07, 6.45) is 7.89. The Morgan fingerprint density at radius 3 is 2.80 bits per heavy atom. The topological polar surface area (TPSA) is 62.4 Å². The van der Waals surface area contributed by atoms with Crippen LogP contribution in [0.3, 0.4) is 0 Å². The minimum absolute atomic E-state index is 0.0984. The molecule has 1 aliphatic heterocycles. The predicted molar refractivity (Wildman–Crippen MR) is 101 cm³/mol. The molecule has 0 aromatic heterocycles. The van der Waals surface area contributed by atoms with Gasteiger partial charge in [-0.25, -0.2) is 4.79 Å². The summed E-state index contributed by atoms with van der Waals surface area (Å²) in [6.45, 7) is 4.37. The number of hydrogen-bond donors (Lipinski definition) is 3. The summed E-state index contributed by atoms with van der Waals surface area (Å²) in [5.41, 5.74) is 2.37. The van der Waals surface area contributed by atoms with E-state index in [2.05, 4.69) is 41.1 Å². The Bertz CT molecular complexity index is 558. The molecule has 2 unspecified atom stereocenters. The molecule has 1 amide bonds. The summed E-state index contributed by atoms with van der Waals surface area (Å²) in [7, 11) is 0. The van der Waals surface area contributed by atoms with Crippen molar-refractivity contribution in [2.75, 3.05) is 18.4 Å². The molecule has 138 valence electrons. The number of amides is 1. The lowest BCUT2D eigenvalue weighted by Crippen LogP contribution is -2.29. The molecule has 25 heavy (non-hydrogen) atoms. The fourth-order valence-corrected chi connectivity index (χ4v) is 3.91. The molecule has 5 nitrogen and oxygen atoms in total. The first kappa shape index (κ1) is 18.1. The summed E-state index contributed by atoms with van der Waals surface area (Å²) in [4.78, 5) is 11.1. The normalized spacial score (nSPS) is 22.3. The van der Waals surface area contributed by atoms with Gasteiger partial charge in [-0.15, -0.1) is 0 Å². The van der Waals surface area contributed by atoms with E-state index in [-0.39, 0.29) is 12.2 Å². The van der Waals surface area contributed by atoms with E-state index in [1.165, 1.54) is 44.1 Å². The zero-order chi connectivity index (χ0) is 17.5. The van der Waals surface area contributed by atoms with Crippen LogP contribution in [-0.2, 0) is 11.3 Å². The smallest absolute Gasteiger partial charge is 0.407 e. The Balaban J connectivity index is 1.45. The van der Waals surface area contributed by atoms with Gasteiger partial charge in [-0.2, -0.15) is 0 Å². The zero-order valence-corrected chi connectivity index (χ0v) is 15.2. The van der Waals surface area contributed by atoms with Crippen molar-refractivity contribution in [2.24, 2.45) is 5.92 Å². The fraction of sp³-hybridized carbons (Fsp3) is 0.650. The molecule has 1 saturated heterocycles. The number of rotatable bonds is 8. The molecule has 3 rings (SSSR count). The summed E-state index contributed by atoms with van der Waals surface area (Å²) in [5.74, 6) is 0.897. The average molecular weight is 345 g/mol. The first-order chi connectivity index (χ1) is 12.2. The molecule has 1 saturated carbocycles. The van der Waals surface area contributed by atoms with Gasteiger partial charge in [-0.1, -0.05) is 50.3 Å². The monoisotopic (exact) mass is 345 g/mol. The van der Waals surface area contributed by atoms with Crippen molar-refractivity contribution in [1.29, 1.82) is 0 Å². The number of alkyl carbamates (subject to hydrolysis) is 1. The summed E-state index contributed by atoms with van der Waals surface area (Å²) in [5, 5.41) is 9.79. The number of benzene rings is 1. The minimum atomic E-state index is -0.321. The number of carbonyl (C=O) groups is 1. The summed E-state index contributed by atoms with van der Waals surface area (Å²) < 4.78 is 5.18. The van der Waals surface area contributed by atoms with Crippen LogP contribution >= 0.6 is 0 Å². The van der Waals surface area contributed by atoms with Crippen LogP contribution in [0.2, 0.25) is 0 Å². The second kappa shape index (κ2) is 9.09. The third kappa shape index (κ3) is 5.63. The van der Waals surface area contributed by atoms with Gasteiger partial charge in [0.2, 0.25) is 0 Å². The van der Waals surface area contributed by atoms with Crippen LogP contribution < -0.4 is 16.0 Å². The van der Waals surface area contributed by atoms with E-state index in [0.717, 1.165) is 18.2 Å². The number of anilines is 1. The van der Waals surface area contributed by atoms with Gasteiger partial charge in [0, 0.05) is 18.3 Å². The van der Waals surface area contributed by atoms with Crippen molar-refractivity contribution in [3.8, 4) is 0 Å². The van der Waals surface area contributed by atoms with Crippen LogP contribution in [-0.4, -0.2) is 31.3 Å². The van der Waals surface area contributed by atoms with Gasteiger partial charge in [-0.3, -0.25) is 0 Å². The Kier molecular flexibility index (Phi) is 6.56. The second-order valence-corrected chi connectivity index (χ2v) is 7.47. The van der Waals surface area contributed by atoms with E-state index in [9.17, 15) is 4.79 Å². The molecule has 0 spiro atoms. The molecule has 1 heterocycles. The SMILES string of the molecule is CC(CC1CCCCC1)NCc1ccccc1NCC1CNC(=O)O1. The molecule has 2 aliphatic rings. The first-order valence-corrected chi connectivity index (χ1v) is 9.70. The molecule has 0 radical (unpaired) electrons. The standard InChI is InChI=1S/C20H31N3O2/c1-15(11-16-7-3-2-4-8-16)21-12-17-9-5-6-10-19(17)22-13-18-14-23-20(24)25-18/h5-6,9-10,15-16,18,21-22H,2-4,7-8,11-14H2,1H3,(H,23,24).